The van der Waals surface area contributed by atoms with Gasteiger partial charge < -0.3 is 4.42 Å². The molecule has 1 atom stereocenters. The van der Waals surface area contributed by atoms with Crippen LogP contribution in [0.25, 0.3) is 99.6 Å². The number of hydrogen-bond donors (Lipinski definition) is 0. The maximum Gasteiger partial charge on any atom is 0.160 e. The molecule has 0 saturated heterocycles. The second kappa shape index (κ2) is 13.0. The summed E-state index contributed by atoms with van der Waals surface area (Å²) in [7, 11) is 0. The fourth-order valence-electron chi connectivity index (χ4n) is 9.78. The lowest BCUT2D eigenvalue weighted by atomic mass is 9.74. The molecule has 0 aliphatic heterocycles. The molecule has 0 saturated carbocycles. The Labute approximate surface area is 341 Å². The van der Waals surface area contributed by atoms with Crippen LogP contribution >= 0.6 is 0 Å². The van der Waals surface area contributed by atoms with E-state index in [2.05, 4.69) is 201 Å². The average molecular weight is 753 g/mol. The smallest absolute Gasteiger partial charge is 0.160 e. The van der Waals surface area contributed by atoms with Crippen molar-refractivity contribution >= 4 is 43.5 Å². The highest BCUT2D eigenvalue weighted by molar-refractivity contribution is 6.26. The van der Waals surface area contributed by atoms with Crippen molar-refractivity contribution in [2.45, 2.75) is 12.3 Å². The minimum atomic E-state index is -0.313. The number of nitrogens with zero attached hydrogens (tertiary/aromatic N) is 2. The van der Waals surface area contributed by atoms with Crippen LogP contribution in [0.3, 0.4) is 0 Å². The van der Waals surface area contributed by atoms with Gasteiger partial charge in [0.05, 0.1) is 11.4 Å². The maximum absolute atomic E-state index is 6.56. The summed E-state index contributed by atoms with van der Waals surface area (Å²) in [6, 6.07) is 71.5. The highest BCUT2D eigenvalue weighted by atomic mass is 16.3. The highest BCUT2D eigenvalue weighted by Gasteiger charge is 2.41. The number of fused-ring (bicyclic) bond motifs is 10. The SMILES string of the molecule is CC1(c2ccccc2)c2ccccc2-c2c(-c3cc(-c4cccc(-c5cccc6oc7ccc8c9ccccc9ccc8c7c56)c4)nc(-c4ccccc4)n3)cccc21. The molecular weight excluding hydrogens is 717 g/mol. The molecule has 59 heavy (non-hydrogen) atoms. The second-order valence-electron chi connectivity index (χ2n) is 15.8. The molecule has 9 aromatic carbocycles. The van der Waals surface area contributed by atoms with Crippen molar-refractivity contribution < 1.29 is 4.42 Å². The molecule has 3 heteroatoms. The van der Waals surface area contributed by atoms with Gasteiger partial charge in [0.25, 0.3) is 0 Å². The highest BCUT2D eigenvalue weighted by Crippen LogP contribution is 2.55. The normalized spacial score (nSPS) is 14.6. The van der Waals surface area contributed by atoms with Gasteiger partial charge in [-0.25, -0.2) is 9.97 Å². The molecule has 276 valence electrons. The van der Waals surface area contributed by atoms with E-state index < -0.39 is 0 Å². The Hall–Kier alpha value is -7.62. The molecule has 1 aliphatic rings. The number of aromatic nitrogens is 2. The van der Waals surface area contributed by atoms with E-state index in [9.17, 15) is 0 Å². The molecule has 3 nitrogen and oxygen atoms in total. The van der Waals surface area contributed by atoms with E-state index in [0.717, 1.165) is 61.1 Å². The first-order valence-corrected chi connectivity index (χ1v) is 20.2. The summed E-state index contributed by atoms with van der Waals surface area (Å²) in [6.07, 6.45) is 0. The quantitative estimate of drug-likeness (QED) is 0.164. The van der Waals surface area contributed by atoms with Crippen molar-refractivity contribution in [3.63, 3.8) is 0 Å². The molecule has 1 aliphatic carbocycles. The van der Waals surface area contributed by atoms with E-state index in [1.54, 1.807) is 0 Å². The van der Waals surface area contributed by atoms with Gasteiger partial charge in [0.2, 0.25) is 0 Å². The van der Waals surface area contributed by atoms with Crippen molar-refractivity contribution in [3.8, 4) is 56.2 Å². The summed E-state index contributed by atoms with van der Waals surface area (Å²) in [5, 5.41) is 7.15. The van der Waals surface area contributed by atoms with Gasteiger partial charge in [-0.15, -0.1) is 0 Å². The Balaban J connectivity index is 1.06. The van der Waals surface area contributed by atoms with E-state index in [4.69, 9.17) is 14.4 Å². The summed E-state index contributed by atoms with van der Waals surface area (Å²) in [6.45, 7) is 2.36. The Morgan fingerprint density at radius 3 is 1.95 bits per heavy atom. The fourth-order valence-corrected chi connectivity index (χ4v) is 9.78. The van der Waals surface area contributed by atoms with Crippen molar-refractivity contribution in [2.75, 3.05) is 0 Å². The van der Waals surface area contributed by atoms with Crippen molar-refractivity contribution in [1.82, 2.24) is 9.97 Å². The van der Waals surface area contributed by atoms with Crippen molar-refractivity contribution in [1.29, 1.82) is 0 Å². The standard InChI is InChI=1S/C56H36N2O/c1-56(39-20-6-3-7-21-39)46-26-11-10-23-44(46)52-45(25-13-27-47(52)56)49-34-48(57-55(58-49)36-16-4-2-5-17-36)38-19-12-18-37(33-38)41-24-14-28-50-53(41)54-43-30-29-35-15-8-9-22-40(35)42(43)31-32-51(54)59-50/h2-34H,1H3. The minimum absolute atomic E-state index is 0.313. The Morgan fingerprint density at radius 1 is 0.407 bits per heavy atom. The second-order valence-corrected chi connectivity index (χ2v) is 15.8. The summed E-state index contributed by atoms with van der Waals surface area (Å²) in [5.74, 6) is 0.694. The molecule has 0 N–H and O–H groups in total. The first-order chi connectivity index (χ1) is 29.1. The van der Waals surface area contributed by atoms with Crippen LogP contribution in [0, 0.1) is 0 Å². The first kappa shape index (κ1) is 33.5. The van der Waals surface area contributed by atoms with Gasteiger partial charge in [-0.3, -0.25) is 0 Å². The average Bonchev–Trinajstić information content (AvgIpc) is 3.83. The molecular formula is C56H36N2O. The first-order valence-electron chi connectivity index (χ1n) is 20.2. The third-order valence-electron chi connectivity index (χ3n) is 12.6. The predicted molar refractivity (Wildman–Crippen MR) is 243 cm³/mol. The van der Waals surface area contributed by atoms with E-state index in [-0.39, 0.29) is 5.41 Å². The lowest BCUT2D eigenvalue weighted by molar-refractivity contribution is 0.669. The largest absolute Gasteiger partial charge is 0.456 e. The zero-order valence-electron chi connectivity index (χ0n) is 32.4. The van der Waals surface area contributed by atoms with Crippen LogP contribution < -0.4 is 0 Å². The van der Waals surface area contributed by atoms with Gasteiger partial charge in [-0.05, 0) is 91.7 Å². The van der Waals surface area contributed by atoms with E-state index in [1.165, 1.54) is 49.4 Å². The fraction of sp³-hybridized carbons (Fsp3) is 0.0357. The summed E-state index contributed by atoms with van der Waals surface area (Å²) in [5.41, 5.74) is 14.9. The third kappa shape index (κ3) is 5.08. The van der Waals surface area contributed by atoms with Gasteiger partial charge >= 0.3 is 0 Å². The lowest BCUT2D eigenvalue weighted by Gasteiger charge is -2.28. The summed E-state index contributed by atoms with van der Waals surface area (Å²) in [4.78, 5) is 10.6. The van der Waals surface area contributed by atoms with Gasteiger partial charge in [-0.2, -0.15) is 0 Å². The molecule has 12 rings (SSSR count). The Morgan fingerprint density at radius 2 is 1.05 bits per heavy atom. The molecule has 1 unspecified atom stereocenters. The van der Waals surface area contributed by atoms with E-state index in [1.807, 2.05) is 6.07 Å². The van der Waals surface area contributed by atoms with Crippen LogP contribution in [0.15, 0.2) is 205 Å². The third-order valence-corrected chi connectivity index (χ3v) is 12.6. The molecule has 2 aromatic heterocycles. The summed E-state index contributed by atoms with van der Waals surface area (Å²) < 4.78 is 6.56. The van der Waals surface area contributed by atoms with Crippen molar-refractivity contribution in [3.05, 3.63) is 217 Å². The van der Waals surface area contributed by atoms with E-state index in [0.29, 0.717) is 5.82 Å². The molecule has 0 amide bonds. The van der Waals surface area contributed by atoms with Gasteiger partial charge in [0.15, 0.2) is 5.82 Å². The predicted octanol–water partition coefficient (Wildman–Crippen LogP) is 14.7. The van der Waals surface area contributed by atoms with Crippen LogP contribution in [0.4, 0.5) is 0 Å². The molecule has 0 fully saturated rings. The minimum Gasteiger partial charge on any atom is -0.456 e. The Kier molecular flexibility index (Phi) is 7.36. The van der Waals surface area contributed by atoms with Gasteiger partial charge in [0.1, 0.15) is 11.2 Å². The molecule has 0 bridgehead atoms. The van der Waals surface area contributed by atoms with E-state index >= 15 is 0 Å². The Bertz CT molecular complexity index is 3460. The van der Waals surface area contributed by atoms with Crippen molar-refractivity contribution in [2.24, 2.45) is 0 Å². The topological polar surface area (TPSA) is 38.9 Å². The number of benzene rings is 9. The lowest BCUT2D eigenvalue weighted by Crippen LogP contribution is -2.22. The van der Waals surface area contributed by atoms with Crippen LogP contribution in [-0.2, 0) is 5.41 Å². The molecule has 0 radical (unpaired) electrons. The zero-order valence-corrected chi connectivity index (χ0v) is 32.4. The molecule has 11 aromatic rings. The molecule has 0 spiro atoms. The number of hydrogen-bond acceptors (Lipinski definition) is 3. The number of rotatable bonds is 5. The monoisotopic (exact) mass is 752 g/mol. The van der Waals surface area contributed by atoms with Gasteiger partial charge in [0, 0.05) is 32.9 Å². The van der Waals surface area contributed by atoms with Crippen LogP contribution in [-0.4, -0.2) is 9.97 Å². The van der Waals surface area contributed by atoms with Crippen LogP contribution in [0.1, 0.15) is 23.6 Å². The van der Waals surface area contributed by atoms with Crippen LogP contribution in [0.5, 0.6) is 0 Å². The number of furan rings is 1. The zero-order chi connectivity index (χ0) is 39.1. The summed E-state index contributed by atoms with van der Waals surface area (Å²) >= 11 is 0. The van der Waals surface area contributed by atoms with Gasteiger partial charge in [-0.1, -0.05) is 176 Å². The van der Waals surface area contributed by atoms with Crippen LogP contribution in [0.2, 0.25) is 0 Å². The maximum atomic E-state index is 6.56. The molecule has 2 heterocycles.